The Morgan fingerprint density at radius 1 is 0.957 bits per heavy atom. The number of carbonyl (C=O) groups is 1. The molecule has 2 nitrogen and oxygen atoms in total. The summed E-state index contributed by atoms with van der Waals surface area (Å²) in [7, 11) is 0. The minimum atomic E-state index is 0.0162. The maximum atomic E-state index is 11.8. The van der Waals surface area contributed by atoms with Gasteiger partial charge < -0.3 is 5.32 Å². The number of thioether (sulfide) groups is 1. The van der Waals surface area contributed by atoms with Gasteiger partial charge >= 0.3 is 0 Å². The minimum Gasteiger partial charge on any atom is -0.355 e. The van der Waals surface area contributed by atoms with Crippen molar-refractivity contribution in [1.82, 2.24) is 5.32 Å². The fraction of sp³-hybridized carbons (Fsp3) is 0.235. The molecule has 6 heteroatoms. The number of benzene rings is 2. The average Bonchev–Trinajstić information content (AvgIpc) is 2.53. The number of hydrogen-bond donors (Lipinski definition) is 1. The van der Waals surface area contributed by atoms with E-state index in [1.165, 1.54) is 0 Å². The van der Waals surface area contributed by atoms with Gasteiger partial charge in [-0.25, -0.2) is 0 Å². The lowest BCUT2D eigenvalue weighted by molar-refractivity contribution is -0.120. The number of carbonyl (C=O) groups excluding carboxylic acids is 1. The molecule has 0 aliphatic rings. The molecule has 0 saturated heterocycles. The number of nitrogens with one attached hydrogen (secondary N) is 1. The van der Waals surface area contributed by atoms with E-state index in [0.717, 1.165) is 22.6 Å². The van der Waals surface area contributed by atoms with Gasteiger partial charge in [-0.05, 0) is 35.4 Å². The maximum Gasteiger partial charge on any atom is 0.224 e. The van der Waals surface area contributed by atoms with Gasteiger partial charge in [-0.15, -0.1) is 0 Å². The molecule has 1 amide bonds. The van der Waals surface area contributed by atoms with Crippen LogP contribution in [-0.2, 0) is 17.0 Å². The number of amides is 1. The second-order valence-electron chi connectivity index (χ2n) is 4.95. The predicted molar refractivity (Wildman–Crippen MR) is 101 cm³/mol. The Labute approximate surface area is 155 Å². The largest absolute Gasteiger partial charge is 0.355 e. The Kier molecular flexibility index (Phi) is 7.57. The molecule has 2 aromatic rings. The van der Waals surface area contributed by atoms with Crippen molar-refractivity contribution in [3.8, 4) is 0 Å². The highest BCUT2D eigenvalue weighted by atomic mass is 35.5. The highest BCUT2D eigenvalue weighted by Gasteiger charge is 2.03. The van der Waals surface area contributed by atoms with Gasteiger partial charge in [0.15, 0.2) is 0 Å². The van der Waals surface area contributed by atoms with Crippen molar-refractivity contribution >= 4 is 52.5 Å². The summed E-state index contributed by atoms with van der Waals surface area (Å²) in [5, 5.41) is 4.72. The summed E-state index contributed by atoms with van der Waals surface area (Å²) in [6.07, 6.45) is 0.370. The van der Waals surface area contributed by atoms with Gasteiger partial charge in [0.25, 0.3) is 0 Å². The third kappa shape index (κ3) is 6.64. The molecule has 1 N–H and O–H groups in total. The van der Waals surface area contributed by atoms with Crippen LogP contribution in [0.4, 0.5) is 0 Å². The van der Waals surface area contributed by atoms with E-state index >= 15 is 0 Å². The Bertz CT molecular complexity index is 661. The highest BCUT2D eigenvalue weighted by molar-refractivity contribution is 7.98. The van der Waals surface area contributed by atoms with Crippen LogP contribution in [0.2, 0.25) is 15.1 Å². The average molecular weight is 389 g/mol. The summed E-state index contributed by atoms with van der Waals surface area (Å²) in [5.41, 5.74) is 2.08. The third-order valence-electron chi connectivity index (χ3n) is 3.10. The van der Waals surface area contributed by atoms with Crippen LogP contribution >= 0.6 is 46.6 Å². The van der Waals surface area contributed by atoms with Crippen LogP contribution in [0.5, 0.6) is 0 Å². The monoisotopic (exact) mass is 387 g/mol. The molecule has 2 rings (SSSR count). The summed E-state index contributed by atoms with van der Waals surface area (Å²) in [6, 6.07) is 12.9. The standard InChI is InChI=1S/C17H16Cl3NOS/c18-14-4-1-12(2-5-14)10-17(22)21-7-8-23-11-13-3-6-15(19)16(20)9-13/h1-6,9H,7-8,10-11H2,(H,21,22). The molecule has 0 aromatic heterocycles. The molecule has 0 aliphatic carbocycles. The maximum absolute atomic E-state index is 11.8. The first kappa shape index (κ1) is 18.5. The topological polar surface area (TPSA) is 29.1 Å². The van der Waals surface area contributed by atoms with Crippen molar-refractivity contribution in [2.45, 2.75) is 12.2 Å². The van der Waals surface area contributed by atoms with Crippen molar-refractivity contribution in [2.75, 3.05) is 12.3 Å². The van der Waals surface area contributed by atoms with Crippen LogP contribution in [0.15, 0.2) is 42.5 Å². The van der Waals surface area contributed by atoms with Crippen LogP contribution in [0.3, 0.4) is 0 Å². The second kappa shape index (κ2) is 9.43. The summed E-state index contributed by atoms with van der Waals surface area (Å²) in [4.78, 5) is 11.8. The molecule has 0 spiro atoms. The highest BCUT2D eigenvalue weighted by Crippen LogP contribution is 2.24. The fourth-order valence-corrected chi connectivity index (χ4v) is 3.18. The number of hydrogen-bond acceptors (Lipinski definition) is 2. The Morgan fingerprint density at radius 3 is 2.35 bits per heavy atom. The smallest absolute Gasteiger partial charge is 0.224 e. The summed E-state index contributed by atoms with van der Waals surface area (Å²) >= 11 is 19.4. The zero-order chi connectivity index (χ0) is 16.7. The van der Waals surface area contributed by atoms with Crippen LogP contribution < -0.4 is 5.32 Å². The molecule has 0 aliphatic heterocycles. The first-order valence-electron chi connectivity index (χ1n) is 7.07. The van der Waals surface area contributed by atoms with Crippen LogP contribution in [0.25, 0.3) is 0 Å². The number of halogens is 3. The molecular formula is C17H16Cl3NOS. The molecule has 23 heavy (non-hydrogen) atoms. The lowest BCUT2D eigenvalue weighted by Crippen LogP contribution is -2.27. The first-order chi connectivity index (χ1) is 11.0. The van der Waals surface area contributed by atoms with Crippen LogP contribution in [0.1, 0.15) is 11.1 Å². The zero-order valence-corrected chi connectivity index (χ0v) is 15.4. The van der Waals surface area contributed by atoms with E-state index in [1.54, 1.807) is 30.0 Å². The van der Waals surface area contributed by atoms with Crippen molar-refractivity contribution in [3.05, 3.63) is 68.7 Å². The second-order valence-corrected chi connectivity index (χ2v) is 7.31. The lowest BCUT2D eigenvalue weighted by Gasteiger charge is -2.06. The number of rotatable bonds is 7. The quantitative estimate of drug-likeness (QED) is 0.657. The van der Waals surface area contributed by atoms with E-state index in [2.05, 4.69) is 5.32 Å². The normalized spacial score (nSPS) is 10.6. The molecule has 0 saturated carbocycles. The van der Waals surface area contributed by atoms with Gasteiger partial charge in [-0.3, -0.25) is 4.79 Å². The molecule has 122 valence electrons. The van der Waals surface area contributed by atoms with Gasteiger partial charge in [0.1, 0.15) is 0 Å². The van der Waals surface area contributed by atoms with Gasteiger partial charge in [0, 0.05) is 23.1 Å². The summed E-state index contributed by atoms with van der Waals surface area (Å²) in [5.74, 6) is 1.69. The van der Waals surface area contributed by atoms with Gasteiger partial charge in [-0.1, -0.05) is 53.0 Å². The van der Waals surface area contributed by atoms with E-state index in [-0.39, 0.29) is 5.91 Å². The van der Waals surface area contributed by atoms with Gasteiger partial charge in [-0.2, -0.15) is 11.8 Å². The van der Waals surface area contributed by atoms with Gasteiger partial charge in [0.2, 0.25) is 5.91 Å². The Morgan fingerprint density at radius 2 is 1.65 bits per heavy atom. The summed E-state index contributed by atoms with van der Waals surface area (Å²) in [6.45, 7) is 0.637. The Balaban J connectivity index is 1.64. The van der Waals surface area contributed by atoms with Crippen LogP contribution in [-0.4, -0.2) is 18.2 Å². The van der Waals surface area contributed by atoms with Crippen molar-refractivity contribution < 1.29 is 4.79 Å². The van der Waals surface area contributed by atoms with E-state index < -0.39 is 0 Å². The third-order valence-corrected chi connectivity index (χ3v) is 5.12. The van der Waals surface area contributed by atoms with E-state index in [1.807, 2.05) is 24.3 Å². The molecule has 0 radical (unpaired) electrons. The molecule has 2 aromatic carbocycles. The SMILES string of the molecule is O=C(Cc1ccc(Cl)cc1)NCCSCc1ccc(Cl)c(Cl)c1. The molecule has 0 unspecified atom stereocenters. The van der Waals surface area contributed by atoms with E-state index in [4.69, 9.17) is 34.8 Å². The molecular weight excluding hydrogens is 373 g/mol. The lowest BCUT2D eigenvalue weighted by atomic mass is 10.1. The first-order valence-corrected chi connectivity index (χ1v) is 9.36. The molecule has 0 bridgehead atoms. The summed E-state index contributed by atoms with van der Waals surface area (Å²) < 4.78 is 0. The van der Waals surface area contributed by atoms with Crippen molar-refractivity contribution in [3.63, 3.8) is 0 Å². The molecule has 0 fully saturated rings. The van der Waals surface area contributed by atoms with Crippen molar-refractivity contribution in [2.24, 2.45) is 0 Å². The van der Waals surface area contributed by atoms with Gasteiger partial charge in [0.05, 0.1) is 16.5 Å². The minimum absolute atomic E-state index is 0.0162. The van der Waals surface area contributed by atoms with E-state index in [0.29, 0.717) is 28.0 Å². The van der Waals surface area contributed by atoms with Crippen LogP contribution in [0, 0.1) is 0 Å². The molecule has 0 heterocycles. The predicted octanol–water partition coefficient (Wildman–Crippen LogP) is 5.24. The van der Waals surface area contributed by atoms with E-state index in [9.17, 15) is 4.79 Å². The van der Waals surface area contributed by atoms with Crippen molar-refractivity contribution in [1.29, 1.82) is 0 Å². The molecule has 0 atom stereocenters. The zero-order valence-electron chi connectivity index (χ0n) is 12.3. The fourth-order valence-electron chi connectivity index (χ4n) is 1.93. The Hall–Kier alpha value is -0.870.